The molecule has 0 bridgehead atoms. The van der Waals surface area contributed by atoms with Gasteiger partial charge in [-0.05, 0) is 29.3 Å². The second kappa shape index (κ2) is 4.34. The zero-order valence-electron chi connectivity index (χ0n) is 10.7. The van der Waals surface area contributed by atoms with Crippen molar-refractivity contribution in [2.45, 2.75) is 0 Å². The third kappa shape index (κ3) is 1.75. The van der Waals surface area contributed by atoms with Gasteiger partial charge in [-0.2, -0.15) is 0 Å². The van der Waals surface area contributed by atoms with Gasteiger partial charge in [-0.1, -0.05) is 54.6 Å². The second-order valence-corrected chi connectivity index (χ2v) is 8.70. The molecule has 0 radical (unpaired) electrons. The van der Waals surface area contributed by atoms with Gasteiger partial charge in [0.15, 0.2) is 0 Å². The van der Waals surface area contributed by atoms with Gasteiger partial charge in [0.1, 0.15) is 6.34 Å². The molecule has 0 spiro atoms. The summed E-state index contributed by atoms with van der Waals surface area (Å²) in [6.07, 6.45) is -2.03. The van der Waals surface area contributed by atoms with Crippen LogP contribution in [0, 0.1) is 0 Å². The lowest BCUT2D eigenvalue weighted by Gasteiger charge is -2.32. The molecule has 0 fully saturated rings. The number of hydrogen-bond acceptors (Lipinski definition) is 1. The van der Waals surface area contributed by atoms with E-state index in [-0.39, 0.29) is 0 Å². The average Bonchev–Trinajstić information content (AvgIpc) is 2.48. The summed E-state index contributed by atoms with van der Waals surface area (Å²) in [5.74, 6) is 0. The maximum absolute atomic E-state index is 5.93. The highest BCUT2D eigenvalue weighted by Crippen LogP contribution is 2.52. The molecule has 0 unspecified atom stereocenters. The Morgan fingerprint density at radius 2 is 1.30 bits per heavy atom. The van der Waals surface area contributed by atoms with Crippen molar-refractivity contribution in [3.8, 4) is 0 Å². The van der Waals surface area contributed by atoms with E-state index in [9.17, 15) is 0 Å². The van der Waals surface area contributed by atoms with Crippen LogP contribution in [-0.4, -0.2) is 0 Å². The van der Waals surface area contributed by atoms with Crippen LogP contribution in [0.3, 0.4) is 0 Å². The summed E-state index contributed by atoms with van der Waals surface area (Å²) in [6, 6.07) is 22.9. The van der Waals surface area contributed by atoms with E-state index in [1.165, 1.54) is 10.8 Å². The largest absolute Gasteiger partial charge is 0.338 e. The van der Waals surface area contributed by atoms with Gasteiger partial charge in [0.2, 0.25) is 0 Å². The molecule has 0 atom stereocenters. The lowest BCUT2D eigenvalue weighted by molar-refractivity contribution is 1.64. The highest BCUT2D eigenvalue weighted by molar-refractivity contribution is 8.19. The highest BCUT2D eigenvalue weighted by Gasteiger charge is 2.25. The summed E-state index contributed by atoms with van der Waals surface area (Å²) in [5, 5.41) is 10.8. The quantitative estimate of drug-likeness (QED) is 0.654. The van der Waals surface area contributed by atoms with Crippen LogP contribution in [-0.2, 0) is 11.8 Å². The van der Waals surface area contributed by atoms with Crippen molar-refractivity contribution in [1.82, 2.24) is 0 Å². The van der Waals surface area contributed by atoms with E-state index in [4.69, 9.17) is 11.8 Å². The van der Waals surface area contributed by atoms with E-state index in [2.05, 4.69) is 58.7 Å². The van der Waals surface area contributed by atoms with E-state index in [1.807, 2.05) is 18.2 Å². The van der Waals surface area contributed by atoms with Crippen LogP contribution < -0.4 is 15.5 Å². The average molecular weight is 296 g/mol. The maximum atomic E-state index is 5.93. The first-order valence-corrected chi connectivity index (χ1v) is 9.30. The molecule has 3 aromatic carbocycles. The number of anilines is 2. The molecule has 0 saturated heterocycles. The smallest absolute Gasteiger partial charge is 0.148 e. The van der Waals surface area contributed by atoms with Crippen molar-refractivity contribution >= 4 is 45.6 Å². The normalized spacial score (nSPS) is 15.4. The Labute approximate surface area is 122 Å². The van der Waals surface area contributed by atoms with Crippen molar-refractivity contribution in [1.29, 1.82) is 0 Å². The summed E-state index contributed by atoms with van der Waals surface area (Å²) in [6.45, 7) is 0. The fourth-order valence-corrected chi connectivity index (χ4v) is 5.57. The fraction of sp³-hybridized carbons (Fsp3) is 0. The highest BCUT2D eigenvalue weighted by atomic mass is 32.4. The van der Waals surface area contributed by atoms with Crippen LogP contribution in [0.1, 0.15) is 0 Å². The van der Waals surface area contributed by atoms with E-state index in [1.54, 1.807) is 0 Å². The first kappa shape index (κ1) is 12.0. The summed E-state index contributed by atoms with van der Waals surface area (Å²) in [4.78, 5) is 0. The summed E-state index contributed by atoms with van der Waals surface area (Å²) in [7, 11) is 0. The van der Waals surface area contributed by atoms with E-state index < -0.39 is 6.34 Å². The zero-order chi connectivity index (χ0) is 13.6. The van der Waals surface area contributed by atoms with E-state index in [0.29, 0.717) is 0 Å². The Kier molecular flexibility index (Phi) is 2.59. The first-order chi connectivity index (χ1) is 9.76. The molecule has 0 aliphatic carbocycles. The van der Waals surface area contributed by atoms with Crippen LogP contribution >= 0.6 is 6.34 Å². The molecule has 3 aromatic rings. The molecule has 2 N–H and O–H groups in total. The maximum Gasteiger partial charge on any atom is 0.148 e. The molecular weight excluding hydrogens is 283 g/mol. The van der Waals surface area contributed by atoms with Gasteiger partial charge < -0.3 is 10.2 Å². The molecular formula is C16H13N2PS. The van der Waals surface area contributed by atoms with Crippen molar-refractivity contribution in [2.24, 2.45) is 0 Å². The van der Waals surface area contributed by atoms with Crippen molar-refractivity contribution in [3.05, 3.63) is 66.7 Å². The molecule has 20 heavy (non-hydrogen) atoms. The fourth-order valence-electron chi connectivity index (χ4n) is 2.66. The third-order valence-corrected chi connectivity index (χ3v) is 6.90. The summed E-state index contributed by atoms with van der Waals surface area (Å²) >= 11 is 5.93. The zero-order valence-corrected chi connectivity index (χ0v) is 12.4. The van der Waals surface area contributed by atoms with Crippen LogP contribution in [0.4, 0.5) is 11.4 Å². The predicted octanol–water partition coefficient (Wildman–Crippen LogP) is 4.31. The van der Waals surface area contributed by atoms with Gasteiger partial charge >= 0.3 is 0 Å². The number of hydrogen-bond donors (Lipinski definition) is 2. The SMILES string of the molecule is S=P1(c2ccccc2)Nc2cccc3cccc(c23)N1. The van der Waals surface area contributed by atoms with Crippen LogP contribution in [0.2, 0.25) is 0 Å². The van der Waals surface area contributed by atoms with Crippen molar-refractivity contribution < 1.29 is 0 Å². The molecule has 0 saturated carbocycles. The molecule has 1 aliphatic rings. The molecule has 4 heteroatoms. The topological polar surface area (TPSA) is 24.1 Å². The number of rotatable bonds is 1. The minimum atomic E-state index is -2.03. The van der Waals surface area contributed by atoms with Gasteiger partial charge in [-0.3, -0.25) is 0 Å². The van der Waals surface area contributed by atoms with Gasteiger partial charge in [0, 0.05) is 22.1 Å². The Morgan fingerprint density at radius 1 is 0.700 bits per heavy atom. The Balaban J connectivity index is 1.94. The van der Waals surface area contributed by atoms with Gasteiger partial charge in [0.25, 0.3) is 0 Å². The summed E-state index contributed by atoms with van der Waals surface area (Å²) < 4.78 is 0. The monoisotopic (exact) mass is 296 g/mol. The predicted molar refractivity (Wildman–Crippen MR) is 91.6 cm³/mol. The van der Waals surface area contributed by atoms with Gasteiger partial charge in [-0.25, -0.2) is 0 Å². The molecule has 0 amide bonds. The van der Waals surface area contributed by atoms with E-state index >= 15 is 0 Å². The summed E-state index contributed by atoms with van der Waals surface area (Å²) in [5.41, 5.74) is 2.26. The Bertz CT molecular complexity index is 801. The van der Waals surface area contributed by atoms with Crippen molar-refractivity contribution in [2.75, 3.05) is 10.2 Å². The molecule has 0 aromatic heterocycles. The van der Waals surface area contributed by atoms with Gasteiger partial charge in [0.05, 0.1) is 0 Å². The third-order valence-electron chi connectivity index (χ3n) is 3.58. The van der Waals surface area contributed by atoms with Gasteiger partial charge in [-0.15, -0.1) is 0 Å². The minimum absolute atomic E-state index is 1.13. The molecule has 4 rings (SSSR count). The number of nitrogens with one attached hydrogen (secondary N) is 2. The standard InChI is InChI=1S/C16H13N2PS/c20-19(13-8-2-1-3-9-13)17-14-10-4-6-12-7-5-11-15(18-19)16(12)14/h1-11H,(H2,17,18,20). The van der Waals surface area contributed by atoms with Crippen LogP contribution in [0.25, 0.3) is 10.8 Å². The molecule has 98 valence electrons. The van der Waals surface area contributed by atoms with Crippen LogP contribution in [0.15, 0.2) is 66.7 Å². The van der Waals surface area contributed by atoms with Crippen LogP contribution in [0.5, 0.6) is 0 Å². The molecule has 1 heterocycles. The number of benzene rings is 3. The van der Waals surface area contributed by atoms with E-state index in [0.717, 1.165) is 16.7 Å². The first-order valence-electron chi connectivity index (χ1n) is 6.50. The molecule has 1 aliphatic heterocycles. The lowest BCUT2D eigenvalue weighted by atomic mass is 10.1. The Hall–Kier alpha value is -1.83. The lowest BCUT2D eigenvalue weighted by Crippen LogP contribution is -2.20. The molecule has 2 nitrogen and oxygen atoms in total. The second-order valence-electron chi connectivity index (χ2n) is 4.88. The van der Waals surface area contributed by atoms with Crippen molar-refractivity contribution in [3.63, 3.8) is 0 Å². The Morgan fingerprint density at radius 3 is 1.90 bits per heavy atom. The minimum Gasteiger partial charge on any atom is -0.338 e.